The first kappa shape index (κ1) is 50.6. The standard InChI is InChI=1S/C16H16ClN5O2S.5C7H5N/c1-2-22-14(20-21-16(22)25-9-13(18)23)8-24-12-6-5-11(17)10-4-3-7-19-15(10)12;5*8-6-7-4-2-1-3-5-7/h3-7H,2,8-9H2,1H3,(H2,18,23);5*1-5H. The van der Waals surface area contributed by atoms with E-state index in [1.807, 2.05) is 145 Å². The number of carbonyl (C=O) groups is 1. The summed E-state index contributed by atoms with van der Waals surface area (Å²) >= 11 is 7.45. The zero-order valence-electron chi connectivity index (χ0n) is 35.1. The number of benzene rings is 6. The van der Waals surface area contributed by atoms with Gasteiger partial charge in [-0.3, -0.25) is 9.78 Å². The Morgan fingerprint density at radius 1 is 0.600 bits per heavy atom. The fraction of sp³-hybridized carbons (Fsp3) is 0.0784. The van der Waals surface area contributed by atoms with Gasteiger partial charge in [0.2, 0.25) is 5.91 Å². The van der Waals surface area contributed by atoms with Gasteiger partial charge in [-0.05, 0) is 91.9 Å². The minimum atomic E-state index is -0.396. The molecule has 0 aliphatic rings. The highest BCUT2D eigenvalue weighted by molar-refractivity contribution is 7.99. The second-order valence-electron chi connectivity index (χ2n) is 12.5. The summed E-state index contributed by atoms with van der Waals surface area (Å²) in [5, 5.41) is 51.8. The number of fused-ring (bicyclic) bond motifs is 1. The molecule has 8 rings (SSSR count). The molecule has 0 aliphatic heterocycles. The Morgan fingerprint density at radius 2 is 1.00 bits per heavy atom. The number of rotatable bonds is 7. The van der Waals surface area contributed by atoms with E-state index in [9.17, 15) is 4.79 Å². The maximum Gasteiger partial charge on any atom is 0.227 e. The average Bonchev–Trinajstić information content (AvgIpc) is 3.79. The molecule has 8 aromatic rings. The molecule has 0 atom stereocenters. The molecule has 0 saturated heterocycles. The Bertz CT molecular complexity index is 2560. The Morgan fingerprint density at radius 3 is 1.34 bits per heavy atom. The lowest BCUT2D eigenvalue weighted by Gasteiger charge is -2.10. The summed E-state index contributed by atoms with van der Waals surface area (Å²) in [7, 11) is 0. The van der Waals surface area contributed by atoms with Gasteiger partial charge in [-0.25, -0.2) is 0 Å². The first-order valence-electron chi connectivity index (χ1n) is 19.5. The van der Waals surface area contributed by atoms with E-state index in [1.165, 1.54) is 11.8 Å². The molecular formula is C51H41ClN10O2S. The summed E-state index contributed by atoms with van der Waals surface area (Å²) in [5.41, 5.74) is 9.45. The molecule has 0 radical (unpaired) electrons. The van der Waals surface area contributed by atoms with Gasteiger partial charge in [0.25, 0.3) is 0 Å². The summed E-state index contributed by atoms with van der Waals surface area (Å²) in [6, 6.07) is 63.1. The summed E-state index contributed by atoms with van der Waals surface area (Å²) in [6.07, 6.45) is 1.69. The van der Waals surface area contributed by atoms with Gasteiger partial charge in [0.1, 0.15) is 17.9 Å². The molecule has 1 amide bonds. The molecule has 6 aromatic carbocycles. The third-order valence-electron chi connectivity index (χ3n) is 8.00. The smallest absolute Gasteiger partial charge is 0.227 e. The number of carbonyl (C=O) groups excluding carboxylic acids is 1. The highest BCUT2D eigenvalue weighted by atomic mass is 35.5. The van der Waals surface area contributed by atoms with Gasteiger partial charge in [-0.1, -0.05) is 114 Å². The Kier molecular flexibility index (Phi) is 23.6. The fourth-order valence-electron chi connectivity index (χ4n) is 4.92. The second-order valence-corrected chi connectivity index (χ2v) is 13.9. The van der Waals surface area contributed by atoms with Crippen LogP contribution in [0.3, 0.4) is 0 Å². The fourth-order valence-corrected chi connectivity index (χ4v) is 5.90. The van der Waals surface area contributed by atoms with Crippen molar-refractivity contribution < 1.29 is 9.53 Å². The first-order chi connectivity index (χ1) is 31.8. The van der Waals surface area contributed by atoms with E-state index in [4.69, 9.17) is 48.4 Å². The zero-order valence-corrected chi connectivity index (χ0v) is 36.7. The number of aromatic nitrogens is 4. The molecule has 0 saturated carbocycles. The van der Waals surface area contributed by atoms with E-state index in [1.54, 1.807) is 79.0 Å². The largest absolute Gasteiger partial charge is 0.483 e. The molecule has 14 heteroatoms. The zero-order chi connectivity index (χ0) is 46.9. The van der Waals surface area contributed by atoms with Crippen molar-refractivity contribution in [3.05, 3.63) is 221 Å². The minimum Gasteiger partial charge on any atom is -0.483 e. The van der Waals surface area contributed by atoms with Gasteiger partial charge in [-0.2, -0.15) is 26.3 Å². The molecule has 2 aromatic heterocycles. The number of hydrogen-bond acceptors (Lipinski definition) is 11. The van der Waals surface area contributed by atoms with Crippen LogP contribution >= 0.6 is 23.4 Å². The van der Waals surface area contributed by atoms with Gasteiger partial charge in [0, 0.05) is 18.1 Å². The number of ether oxygens (including phenoxy) is 1. The molecule has 0 bridgehead atoms. The maximum atomic E-state index is 10.9. The van der Waals surface area contributed by atoms with Crippen LogP contribution in [0.25, 0.3) is 10.9 Å². The highest BCUT2D eigenvalue weighted by Crippen LogP contribution is 2.30. The van der Waals surface area contributed by atoms with Crippen molar-refractivity contribution in [1.82, 2.24) is 19.7 Å². The van der Waals surface area contributed by atoms with Gasteiger partial charge in [0.05, 0.1) is 68.9 Å². The van der Waals surface area contributed by atoms with Crippen molar-refractivity contribution >= 4 is 40.2 Å². The van der Waals surface area contributed by atoms with Gasteiger partial charge < -0.3 is 15.0 Å². The lowest BCUT2D eigenvalue weighted by atomic mass is 10.2. The molecule has 0 fully saturated rings. The monoisotopic (exact) mass is 892 g/mol. The summed E-state index contributed by atoms with van der Waals surface area (Å²) in [6.45, 7) is 2.86. The lowest BCUT2D eigenvalue weighted by molar-refractivity contribution is -0.115. The van der Waals surface area contributed by atoms with Crippen molar-refractivity contribution in [3.8, 4) is 36.1 Å². The van der Waals surface area contributed by atoms with Crippen LogP contribution in [0.4, 0.5) is 0 Å². The van der Waals surface area contributed by atoms with Crippen LogP contribution in [0.15, 0.2) is 187 Å². The summed E-state index contributed by atoms with van der Waals surface area (Å²) in [4.78, 5) is 15.3. The normalized spacial score (nSPS) is 9.06. The predicted molar refractivity (Wildman–Crippen MR) is 252 cm³/mol. The lowest BCUT2D eigenvalue weighted by Crippen LogP contribution is -2.14. The molecule has 2 N–H and O–H groups in total. The molecule has 0 unspecified atom stereocenters. The molecular weight excluding hydrogens is 852 g/mol. The molecule has 0 spiro atoms. The van der Waals surface area contributed by atoms with Crippen LogP contribution in [0.1, 0.15) is 40.6 Å². The summed E-state index contributed by atoms with van der Waals surface area (Å²) in [5.74, 6) is 1.04. The number of hydrogen-bond donors (Lipinski definition) is 1. The van der Waals surface area contributed by atoms with E-state index in [0.717, 1.165) is 5.39 Å². The number of nitrogens with two attached hydrogens (primary N) is 1. The third-order valence-corrected chi connectivity index (χ3v) is 9.32. The van der Waals surface area contributed by atoms with Gasteiger partial charge in [-0.15, -0.1) is 10.2 Å². The molecule has 2 heterocycles. The Hall–Kier alpha value is -8.77. The molecule has 65 heavy (non-hydrogen) atoms. The van der Waals surface area contributed by atoms with Crippen LogP contribution in [0.2, 0.25) is 5.02 Å². The molecule has 12 nitrogen and oxygen atoms in total. The number of thioether (sulfide) groups is 1. The number of pyridine rings is 1. The number of nitriles is 5. The van der Waals surface area contributed by atoms with Crippen LogP contribution in [0.5, 0.6) is 5.75 Å². The quantitative estimate of drug-likeness (QED) is 0.149. The van der Waals surface area contributed by atoms with Gasteiger partial charge >= 0.3 is 0 Å². The average molecular weight is 893 g/mol. The van der Waals surface area contributed by atoms with E-state index < -0.39 is 5.91 Å². The van der Waals surface area contributed by atoms with Crippen LogP contribution in [-0.4, -0.2) is 31.4 Å². The Labute approximate surface area is 387 Å². The number of primary amides is 1. The topological polar surface area (TPSA) is 215 Å². The van der Waals surface area contributed by atoms with Crippen LogP contribution in [0, 0.1) is 56.7 Å². The number of halogens is 1. The molecule has 320 valence electrons. The van der Waals surface area contributed by atoms with Crippen LogP contribution < -0.4 is 10.5 Å². The Balaban J connectivity index is 0.000000231. The number of amides is 1. The van der Waals surface area contributed by atoms with Crippen molar-refractivity contribution in [3.63, 3.8) is 0 Å². The van der Waals surface area contributed by atoms with Gasteiger partial charge in [0.15, 0.2) is 11.0 Å². The van der Waals surface area contributed by atoms with E-state index in [2.05, 4.69) is 15.2 Å². The van der Waals surface area contributed by atoms with Crippen LogP contribution in [-0.2, 0) is 17.9 Å². The second kappa shape index (κ2) is 30.3. The van der Waals surface area contributed by atoms with E-state index in [0.29, 0.717) is 61.6 Å². The van der Waals surface area contributed by atoms with E-state index >= 15 is 0 Å². The third kappa shape index (κ3) is 19.2. The van der Waals surface area contributed by atoms with Crippen molar-refractivity contribution in [1.29, 1.82) is 26.3 Å². The summed E-state index contributed by atoms with van der Waals surface area (Å²) < 4.78 is 7.78. The van der Waals surface area contributed by atoms with E-state index in [-0.39, 0.29) is 12.4 Å². The maximum absolute atomic E-state index is 10.9. The SMILES string of the molecule is CCn1c(COc2ccc(Cl)c3cccnc23)nnc1SCC(N)=O.N#Cc1ccccc1.N#Cc1ccccc1.N#Cc1ccccc1.N#Cc1ccccc1.N#Cc1ccccc1. The van der Waals surface area contributed by atoms with Crippen molar-refractivity contribution in [2.45, 2.75) is 25.2 Å². The first-order valence-corrected chi connectivity index (χ1v) is 20.9. The molecule has 0 aliphatic carbocycles. The van der Waals surface area contributed by atoms with Crippen molar-refractivity contribution in [2.24, 2.45) is 5.73 Å². The predicted octanol–water partition coefficient (Wildman–Crippen LogP) is 10.4. The minimum absolute atomic E-state index is 0.157. The van der Waals surface area contributed by atoms with Crippen molar-refractivity contribution in [2.75, 3.05) is 5.75 Å². The number of nitrogens with zero attached hydrogens (tertiary/aromatic N) is 9. The highest BCUT2D eigenvalue weighted by Gasteiger charge is 2.14.